The van der Waals surface area contributed by atoms with Crippen LogP contribution in [0.2, 0.25) is 0 Å². The van der Waals surface area contributed by atoms with E-state index in [-0.39, 0.29) is 6.10 Å². The first-order valence-electron chi connectivity index (χ1n) is 9.34. The van der Waals surface area contributed by atoms with E-state index in [4.69, 9.17) is 5.11 Å². The smallest absolute Gasteiger partial charge is 0.324 e. The molecule has 1 heterocycles. The van der Waals surface area contributed by atoms with Gasteiger partial charge in [-0.25, -0.2) is 0 Å². The summed E-state index contributed by atoms with van der Waals surface area (Å²) in [5, 5.41) is 50.6. The van der Waals surface area contributed by atoms with Crippen LogP contribution in [0.15, 0.2) is 42.5 Å². The zero-order valence-electron chi connectivity index (χ0n) is 17.2. The van der Waals surface area contributed by atoms with E-state index < -0.39 is 37.6 Å². The van der Waals surface area contributed by atoms with Crippen molar-refractivity contribution in [2.45, 2.75) is 32.8 Å². The predicted molar refractivity (Wildman–Crippen MR) is 115 cm³/mol. The number of pyridine rings is 1. The van der Waals surface area contributed by atoms with E-state index in [0.29, 0.717) is 12.1 Å². The highest BCUT2D eigenvalue weighted by Crippen LogP contribution is 2.38. The van der Waals surface area contributed by atoms with Crippen molar-refractivity contribution in [1.82, 2.24) is 4.98 Å². The van der Waals surface area contributed by atoms with Crippen LogP contribution < -0.4 is 0 Å². The maximum absolute atomic E-state index is 10.4. The van der Waals surface area contributed by atoms with E-state index in [2.05, 4.69) is 29.2 Å². The van der Waals surface area contributed by atoms with E-state index in [1.165, 1.54) is 10.9 Å². The van der Waals surface area contributed by atoms with Gasteiger partial charge in [-0.2, -0.15) is 0 Å². The summed E-state index contributed by atoms with van der Waals surface area (Å²) in [6.07, 6.45) is 1.47. The van der Waals surface area contributed by atoms with E-state index >= 15 is 0 Å². The van der Waals surface area contributed by atoms with Gasteiger partial charge in [0.05, 0.1) is 38.5 Å². The Morgan fingerprint density at radius 3 is 2.00 bits per heavy atom. The third-order valence-corrected chi connectivity index (χ3v) is 4.41. The number of aryl methyl sites for hydroxylation is 2. The number of nitro groups is 3. The van der Waals surface area contributed by atoms with Gasteiger partial charge in [0.1, 0.15) is 0 Å². The first-order chi connectivity index (χ1) is 15.0. The van der Waals surface area contributed by atoms with Crippen LogP contribution in [-0.4, -0.2) is 36.1 Å². The van der Waals surface area contributed by atoms with Crippen LogP contribution in [0.1, 0.15) is 24.6 Å². The topological polar surface area (TPSA) is 183 Å². The van der Waals surface area contributed by atoms with Crippen molar-refractivity contribution >= 4 is 28.0 Å². The molecule has 0 radical (unpaired) electrons. The molecular formula is C20H20N4O8. The van der Waals surface area contributed by atoms with Gasteiger partial charge in [0.2, 0.25) is 0 Å². The van der Waals surface area contributed by atoms with Crippen LogP contribution >= 0.6 is 0 Å². The van der Waals surface area contributed by atoms with Crippen molar-refractivity contribution in [3.63, 3.8) is 0 Å². The molecular weight excluding hydrogens is 424 g/mol. The van der Waals surface area contributed by atoms with Crippen molar-refractivity contribution in [2.24, 2.45) is 0 Å². The Morgan fingerprint density at radius 1 is 0.938 bits per heavy atom. The molecule has 0 saturated carbocycles. The summed E-state index contributed by atoms with van der Waals surface area (Å²) in [5.74, 6) is -1.21. The fourth-order valence-electron chi connectivity index (χ4n) is 2.77. The number of fused-ring (bicyclic) bond motifs is 1. The lowest BCUT2D eigenvalue weighted by atomic mass is 10.1. The number of aliphatic hydroxyl groups is 1. The van der Waals surface area contributed by atoms with Crippen molar-refractivity contribution in [2.75, 3.05) is 0 Å². The number of non-ortho nitro benzene ring substituents is 1. The molecule has 1 atom stereocenters. The monoisotopic (exact) mass is 444 g/mol. The van der Waals surface area contributed by atoms with Gasteiger partial charge in [-0.15, -0.1) is 0 Å². The molecule has 0 aliphatic rings. The molecule has 2 N–H and O–H groups in total. The number of aromatic nitrogens is 1. The SMILES string of the molecule is Cc1ccc2ccc(CCC(C)O)cc2n1.O=[N+]([O-])c1cc([N+](=O)[O-])c(O)c([N+](=O)[O-])c1. The number of aromatic hydroxyl groups is 1. The van der Waals surface area contributed by atoms with Crippen LogP contribution in [0.25, 0.3) is 10.9 Å². The highest BCUT2D eigenvalue weighted by Gasteiger charge is 2.30. The van der Waals surface area contributed by atoms with Gasteiger partial charge in [0, 0.05) is 11.1 Å². The number of nitrogens with zero attached hydrogens (tertiary/aromatic N) is 4. The lowest BCUT2D eigenvalue weighted by Crippen LogP contribution is -2.01. The summed E-state index contributed by atoms with van der Waals surface area (Å²) >= 11 is 0. The second-order valence-corrected chi connectivity index (χ2v) is 6.97. The highest BCUT2D eigenvalue weighted by molar-refractivity contribution is 5.79. The number of benzene rings is 2. The lowest BCUT2D eigenvalue weighted by Gasteiger charge is -2.05. The van der Waals surface area contributed by atoms with E-state index in [9.17, 15) is 35.4 Å². The number of hydrogen-bond donors (Lipinski definition) is 2. The molecule has 32 heavy (non-hydrogen) atoms. The lowest BCUT2D eigenvalue weighted by molar-refractivity contribution is -0.404. The third kappa shape index (κ3) is 6.15. The van der Waals surface area contributed by atoms with Crippen LogP contribution in [0.5, 0.6) is 5.75 Å². The standard InChI is InChI=1S/C14H17NO.C6H3N3O7/c1-10-3-7-13-8-6-12(5-4-11(2)16)9-14(13)15-10;10-6-4(8(13)14)1-3(7(11)12)2-5(6)9(15)16/h3,6-9,11,16H,4-5H2,1-2H3;1-2,10H. The minimum atomic E-state index is -1.21. The summed E-state index contributed by atoms with van der Waals surface area (Å²) in [7, 11) is 0. The number of phenolic OH excluding ortho intramolecular Hbond substituents is 1. The molecule has 3 rings (SSSR count). The Balaban J connectivity index is 0.000000227. The van der Waals surface area contributed by atoms with E-state index in [1.54, 1.807) is 0 Å². The van der Waals surface area contributed by atoms with Crippen molar-refractivity contribution in [3.8, 4) is 5.75 Å². The molecule has 12 nitrogen and oxygen atoms in total. The quantitative estimate of drug-likeness (QED) is 0.419. The minimum absolute atomic E-state index is 0.235. The second-order valence-electron chi connectivity index (χ2n) is 6.97. The molecule has 12 heteroatoms. The molecule has 0 aliphatic carbocycles. The molecule has 1 aromatic heterocycles. The van der Waals surface area contributed by atoms with Gasteiger partial charge in [0.25, 0.3) is 11.4 Å². The minimum Gasteiger partial charge on any atom is -0.497 e. The molecule has 0 fully saturated rings. The van der Waals surface area contributed by atoms with Crippen molar-refractivity contribution < 1.29 is 25.0 Å². The molecule has 0 amide bonds. The van der Waals surface area contributed by atoms with Gasteiger partial charge in [-0.05, 0) is 44.4 Å². The maximum atomic E-state index is 10.4. The Labute approximate surface area is 181 Å². The zero-order valence-corrected chi connectivity index (χ0v) is 17.2. The first kappa shape index (κ1) is 24.1. The molecule has 0 bridgehead atoms. The average molecular weight is 444 g/mol. The Morgan fingerprint density at radius 2 is 1.50 bits per heavy atom. The highest BCUT2D eigenvalue weighted by atomic mass is 16.6. The van der Waals surface area contributed by atoms with Crippen LogP contribution in [-0.2, 0) is 6.42 Å². The number of aliphatic hydroxyl groups excluding tert-OH is 1. The van der Waals surface area contributed by atoms with Crippen LogP contribution in [0.4, 0.5) is 17.1 Å². The fourth-order valence-corrected chi connectivity index (χ4v) is 2.77. The fraction of sp³-hybridized carbons (Fsp3) is 0.250. The van der Waals surface area contributed by atoms with Crippen molar-refractivity contribution in [1.29, 1.82) is 0 Å². The molecule has 1 unspecified atom stereocenters. The van der Waals surface area contributed by atoms with Crippen LogP contribution in [0, 0.1) is 37.3 Å². The van der Waals surface area contributed by atoms with Crippen LogP contribution in [0.3, 0.4) is 0 Å². The van der Waals surface area contributed by atoms with Gasteiger partial charge in [0.15, 0.2) is 0 Å². The van der Waals surface area contributed by atoms with E-state index in [1.807, 2.05) is 19.9 Å². The summed E-state index contributed by atoms with van der Waals surface area (Å²) in [5.41, 5.74) is 0.327. The molecule has 2 aromatic carbocycles. The largest absolute Gasteiger partial charge is 0.497 e. The predicted octanol–water partition coefficient (Wildman–Crippen LogP) is 3.97. The Kier molecular flexibility index (Phi) is 7.69. The number of nitro benzene ring substituents is 3. The first-order valence-corrected chi connectivity index (χ1v) is 9.34. The van der Waals surface area contributed by atoms with E-state index in [0.717, 1.165) is 24.1 Å². The summed E-state index contributed by atoms with van der Waals surface area (Å²) in [6, 6.07) is 11.3. The molecule has 0 aliphatic heterocycles. The van der Waals surface area contributed by atoms with Gasteiger partial charge in [-0.3, -0.25) is 35.3 Å². The number of phenols is 1. The normalized spacial score (nSPS) is 11.3. The summed E-state index contributed by atoms with van der Waals surface area (Å²) in [4.78, 5) is 32.3. The molecule has 168 valence electrons. The Hall–Kier alpha value is -4.19. The van der Waals surface area contributed by atoms with Crippen molar-refractivity contribution in [3.05, 3.63) is 84.1 Å². The summed E-state index contributed by atoms with van der Waals surface area (Å²) < 4.78 is 0. The van der Waals surface area contributed by atoms with Gasteiger partial charge < -0.3 is 10.2 Å². The number of rotatable bonds is 6. The number of hydrogen-bond acceptors (Lipinski definition) is 9. The third-order valence-electron chi connectivity index (χ3n) is 4.41. The maximum Gasteiger partial charge on any atom is 0.324 e. The summed E-state index contributed by atoms with van der Waals surface area (Å²) in [6.45, 7) is 3.82. The van der Waals surface area contributed by atoms with Gasteiger partial charge in [-0.1, -0.05) is 18.2 Å². The average Bonchev–Trinajstić information content (AvgIpc) is 2.71. The van der Waals surface area contributed by atoms with Gasteiger partial charge >= 0.3 is 11.4 Å². The molecule has 3 aromatic rings. The molecule has 0 spiro atoms. The second kappa shape index (κ2) is 10.2. The zero-order chi connectivity index (χ0) is 24.0. The Bertz CT molecular complexity index is 1140. The molecule has 0 saturated heterocycles.